The van der Waals surface area contributed by atoms with E-state index in [-0.39, 0.29) is 5.91 Å². The van der Waals surface area contributed by atoms with Crippen molar-refractivity contribution in [1.29, 1.82) is 0 Å². The van der Waals surface area contributed by atoms with Gasteiger partial charge < -0.3 is 14.2 Å². The zero-order valence-electron chi connectivity index (χ0n) is 12.7. The summed E-state index contributed by atoms with van der Waals surface area (Å²) in [7, 11) is 1.85. The van der Waals surface area contributed by atoms with E-state index in [1.54, 1.807) is 23.9 Å². The highest BCUT2D eigenvalue weighted by molar-refractivity contribution is 5.95. The van der Waals surface area contributed by atoms with Gasteiger partial charge in [0.2, 0.25) is 0 Å². The summed E-state index contributed by atoms with van der Waals surface area (Å²) in [5.41, 5.74) is 1.44. The summed E-state index contributed by atoms with van der Waals surface area (Å²) >= 11 is 0. The largest absolute Gasteiger partial charge is 0.466 e. The minimum Gasteiger partial charge on any atom is -0.466 e. The van der Waals surface area contributed by atoms with E-state index in [1.165, 1.54) is 0 Å². The summed E-state index contributed by atoms with van der Waals surface area (Å²) in [4.78, 5) is 12.1. The molecule has 0 fully saturated rings. The van der Waals surface area contributed by atoms with E-state index in [2.05, 4.69) is 10.4 Å². The topological polar surface area (TPSA) is 73.2 Å². The van der Waals surface area contributed by atoms with Crippen molar-refractivity contribution in [1.82, 2.24) is 15.1 Å². The van der Waals surface area contributed by atoms with E-state index in [4.69, 9.17) is 8.83 Å². The molecule has 3 aromatic heterocycles. The molecule has 3 aromatic rings. The third kappa shape index (κ3) is 2.67. The number of rotatable bonds is 4. The molecule has 0 aliphatic rings. The van der Waals surface area contributed by atoms with Gasteiger partial charge in [0.05, 0.1) is 12.1 Å². The molecule has 3 heterocycles. The number of hydrogen-bond donors (Lipinski definition) is 1. The van der Waals surface area contributed by atoms with E-state index in [1.807, 2.05) is 32.2 Å². The number of carbonyl (C=O) groups excluding carboxylic acids is 1. The van der Waals surface area contributed by atoms with Crippen LogP contribution in [0.4, 0.5) is 0 Å². The second-order valence-corrected chi connectivity index (χ2v) is 5.12. The first-order chi connectivity index (χ1) is 10.5. The lowest BCUT2D eigenvalue weighted by atomic mass is 10.2. The quantitative estimate of drug-likeness (QED) is 0.804. The van der Waals surface area contributed by atoms with Gasteiger partial charge >= 0.3 is 0 Å². The van der Waals surface area contributed by atoms with Crippen molar-refractivity contribution < 1.29 is 13.6 Å². The van der Waals surface area contributed by atoms with Crippen LogP contribution in [0.2, 0.25) is 0 Å². The summed E-state index contributed by atoms with van der Waals surface area (Å²) < 4.78 is 12.8. The number of aryl methyl sites for hydroxylation is 3. The van der Waals surface area contributed by atoms with Gasteiger partial charge in [-0.25, -0.2) is 0 Å². The Bertz CT molecular complexity index is 810. The monoisotopic (exact) mass is 299 g/mol. The standard InChI is InChI=1S/C16H17N3O3/c1-10-8-13(11(2)21-10)16(20)17-9-12-4-5-15(22-12)14-6-7-18-19(14)3/h4-8H,9H2,1-3H3,(H,17,20). The zero-order chi connectivity index (χ0) is 15.7. The van der Waals surface area contributed by atoms with Gasteiger partial charge in [0.1, 0.15) is 23.0 Å². The highest BCUT2D eigenvalue weighted by Gasteiger charge is 2.14. The van der Waals surface area contributed by atoms with Crippen LogP contribution in [0.1, 0.15) is 27.6 Å². The van der Waals surface area contributed by atoms with Crippen LogP contribution in [0.5, 0.6) is 0 Å². The predicted octanol–water partition coefficient (Wildman–Crippen LogP) is 2.82. The summed E-state index contributed by atoms with van der Waals surface area (Å²) in [6, 6.07) is 7.31. The maximum atomic E-state index is 12.1. The van der Waals surface area contributed by atoms with Crippen LogP contribution in [-0.2, 0) is 13.6 Å². The Hall–Kier alpha value is -2.76. The molecule has 114 valence electrons. The SMILES string of the molecule is Cc1cc(C(=O)NCc2ccc(-c3ccnn3C)o2)c(C)o1. The van der Waals surface area contributed by atoms with E-state index < -0.39 is 0 Å². The van der Waals surface area contributed by atoms with Gasteiger partial charge in [0, 0.05) is 13.2 Å². The molecule has 6 nitrogen and oxygen atoms in total. The number of aromatic nitrogens is 2. The lowest BCUT2D eigenvalue weighted by Crippen LogP contribution is -2.22. The molecule has 0 radical (unpaired) electrons. The molecule has 0 atom stereocenters. The number of nitrogens with zero attached hydrogens (tertiary/aromatic N) is 2. The van der Waals surface area contributed by atoms with Crippen LogP contribution < -0.4 is 5.32 Å². The molecule has 3 rings (SSSR count). The van der Waals surface area contributed by atoms with Crippen molar-refractivity contribution >= 4 is 5.91 Å². The normalized spacial score (nSPS) is 10.9. The number of amides is 1. The third-order valence-electron chi connectivity index (χ3n) is 3.44. The fourth-order valence-corrected chi connectivity index (χ4v) is 2.35. The summed E-state index contributed by atoms with van der Waals surface area (Å²) in [6.45, 7) is 3.91. The average molecular weight is 299 g/mol. The number of nitrogens with one attached hydrogen (secondary N) is 1. The van der Waals surface area contributed by atoms with Crippen molar-refractivity contribution in [3.8, 4) is 11.5 Å². The van der Waals surface area contributed by atoms with E-state index in [9.17, 15) is 4.79 Å². The first-order valence-corrected chi connectivity index (χ1v) is 6.97. The van der Waals surface area contributed by atoms with Gasteiger partial charge in [-0.2, -0.15) is 5.10 Å². The van der Waals surface area contributed by atoms with Gasteiger partial charge in [0.15, 0.2) is 5.76 Å². The molecule has 0 spiro atoms. The van der Waals surface area contributed by atoms with E-state index in [0.29, 0.717) is 23.6 Å². The second-order valence-electron chi connectivity index (χ2n) is 5.12. The maximum Gasteiger partial charge on any atom is 0.255 e. The third-order valence-corrected chi connectivity index (χ3v) is 3.44. The van der Waals surface area contributed by atoms with Crippen LogP contribution >= 0.6 is 0 Å². The van der Waals surface area contributed by atoms with Crippen molar-refractivity contribution in [2.45, 2.75) is 20.4 Å². The summed E-state index contributed by atoms with van der Waals surface area (Å²) in [6.07, 6.45) is 1.71. The Labute approximate surface area is 127 Å². The first kappa shape index (κ1) is 14.2. The Morgan fingerprint density at radius 2 is 2.09 bits per heavy atom. The molecule has 0 bridgehead atoms. The molecule has 0 aliphatic carbocycles. The molecule has 1 amide bonds. The maximum absolute atomic E-state index is 12.1. The molecular weight excluding hydrogens is 282 g/mol. The molecule has 22 heavy (non-hydrogen) atoms. The van der Waals surface area contributed by atoms with Crippen molar-refractivity contribution in [2.24, 2.45) is 7.05 Å². The Morgan fingerprint density at radius 1 is 1.27 bits per heavy atom. The fourth-order valence-electron chi connectivity index (χ4n) is 2.35. The number of carbonyl (C=O) groups is 1. The van der Waals surface area contributed by atoms with E-state index >= 15 is 0 Å². The van der Waals surface area contributed by atoms with Crippen LogP contribution in [0.25, 0.3) is 11.5 Å². The smallest absolute Gasteiger partial charge is 0.255 e. The summed E-state index contributed by atoms with van der Waals surface area (Å²) in [5.74, 6) is 2.57. The second kappa shape index (κ2) is 5.55. The average Bonchev–Trinajstić information content (AvgIpc) is 3.16. The summed E-state index contributed by atoms with van der Waals surface area (Å²) in [5, 5.41) is 6.93. The lowest BCUT2D eigenvalue weighted by molar-refractivity contribution is 0.0946. The van der Waals surface area contributed by atoms with Gasteiger partial charge in [-0.15, -0.1) is 0 Å². The Morgan fingerprint density at radius 3 is 2.73 bits per heavy atom. The predicted molar refractivity (Wildman–Crippen MR) is 80.3 cm³/mol. The lowest BCUT2D eigenvalue weighted by Gasteiger charge is -2.02. The number of furan rings is 2. The minimum atomic E-state index is -0.173. The fraction of sp³-hybridized carbons (Fsp3) is 0.250. The Kier molecular flexibility index (Phi) is 3.58. The molecule has 0 aromatic carbocycles. The highest BCUT2D eigenvalue weighted by atomic mass is 16.3. The van der Waals surface area contributed by atoms with Crippen molar-refractivity contribution in [2.75, 3.05) is 0 Å². The van der Waals surface area contributed by atoms with Crippen molar-refractivity contribution in [3.05, 3.63) is 53.3 Å². The van der Waals surface area contributed by atoms with Crippen molar-refractivity contribution in [3.63, 3.8) is 0 Å². The van der Waals surface area contributed by atoms with E-state index in [0.717, 1.165) is 17.2 Å². The van der Waals surface area contributed by atoms with Gasteiger partial charge in [-0.1, -0.05) is 0 Å². The zero-order valence-corrected chi connectivity index (χ0v) is 12.7. The minimum absolute atomic E-state index is 0.173. The van der Waals surface area contributed by atoms with Gasteiger partial charge in [0.25, 0.3) is 5.91 Å². The van der Waals surface area contributed by atoms with Crippen LogP contribution in [0.3, 0.4) is 0 Å². The number of hydrogen-bond acceptors (Lipinski definition) is 4. The van der Waals surface area contributed by atoms with Gasteiger partial charge in [-0.05, 0) is 38.1 Å². The molecular formula is C16H17N3O3. The molecule has 0 saturated carbocycles. The first-order valence-electron chi connectivity index (χ1n) is 6.97. The molecule has 6 heteroatoms. The van der Waals surface area contributed by atoms with Crippen LogP contribution in [-0.4, -0.2) is 15.7 Å². The Balaban J connectivity index is 1.67. The van der Waals surface area contributed by atoms with Crippen LogP contribution in [0, 0.1) is 13.8 Å². The van der Waals surface area contributed by atoms with Gasteiger partial charge in [-0.3, -0.25) is 9.48 Å². The molecule has 1 N–H and O–H groups in total. The molecule has 0 saturated heterocycles. The molecule has 0 aliphatic heterocycles. The van der Waals surface area contributed by atoms with Crippen LogP contribution in [0.15, 0.2) is 39.3 Å². The highest BCUT2D eigenvalue weighted by Crippen LogP contribution is 2.21. The molecule has 0 unspecified atom stereocenters.